The van der Waals surface area contributed by atoms with Crippen LogP contribution in [0.5, 0.6) is 0 Å². The average Bonchev–Trinajstić information content (AvgIpc) is 3.46. The monoisotopic (exact) mass is 485 g/mol. The first kappa shape index (κ1) is 22.0. The Morgan fingerprint density at radius 3 is 2.57 bits per heavy atom. The van der Waals surface area contributed by atoms with Crippen molar-refractivity contribution in [2.75, 3.05) is 0 Å². The van der Waals surface area contributed by atoms with E-state index < -0.39 is 5.97 Å². The van der Waals surface area contributed by atoms with Crippen molar-refractivity contribution in [3.63, 3.8) is 0 Å². The number of hydrogen-bond donors (Lipinski definition) is 1. The molecule has 0 spiro atoms. The molecule has 1 aromatic heterocycles. The van der Waals surface area contributed by atoms with E-state index in [0.717, 1.165) is 40.9 Å². The average molecular weight is 486 g/mol. The number of carboxylic acid groups (broad SMARTS) is 1. The number of carboxylic acids is 1. The van der Waals surface area contributed by atoms with E-state index in [4.69, 9.17) is 16.1 Å². The Hall–Kier alpha value is -3.48. The highest BCUT2D eigenvalue weighted by atomic mass is 35.5. The Morgan fingerprint density at radius 2 is 1.83 bits per heavy atom. The molecule has 4 aromatic rings. The number of hydrogen-bond acceptors (Lipinski definition) is 5. The van der Waals surface area contributed by atoms with E-state index in [2.05, 4.69) is 52.3 Å². The summed E-state index contributed by atoms with van der Waals surface area (Å²) in [6.45, 7) is 3.58. The molecule has 1 fully saturated rings. The van der Waals surface area contributed by atoms with Gasteiger partial charge in [-0.3, -0.25) is 9.69 Å². The van der Waals surface area contributed by atoms with E-state index in [1.54, 1.807) is 0 Å². The predicted octanol–water partition coefficient (Wildman–Crippen LogP) is 6.21. The van der Waals surface area contributed by atoms with Gasteiger partial charge in [0.25, 0.3) is 5.89 Å². The molecule has 6 rings (SSSR count). The summed E-state index contributed by atoms with van der Waals surface area (Å²) in [5.41, 5.74) is 7.41. The van der Waals surface area contributed by atoms with Gasteiger partial charge in [0.05, 0.1) is 5.92 Å². The van der Waals surface area contributed by atoms with E-state index in [9.17, 15) is 9.90 Å². The molecule has 7 heteroatoms. The SMILES string of the molecule is Cc1cc(-c2nc(-c3cc(Cl)c4c(c3)CN(C3CC(C(=O)O)C3)C4)no2)ccc1-c1ccccc1. The number of halogens is 1. The van der Waals surface area contributed by atoms with Gasteiger partial charge in [-0.05, 0) is 71.8 Å². The molecule has 1 saturated carbocycles. The molecule has 0 atom stereocenters. The van der Waals surface area contributed by atoms with Crippen LogP contribution in [0.1, 0.15) is 29.5 Å². The molecule has 0 unspecified atom stereocenters. The molecule has 35 heavy (non-hydrogen) atoms. The number of fused-ring (bicyclic) bond motifs is 1. The van der Waals surface area contributed by atoms with Crippen LogP contribution in [0.25, 0.3) is 34.0 Å². The minimum absolute atomic E-state index is 0.224. The van der Waals surface area contributed by atoms with E-state index in [1.165, 1.54) is 11.1 Å². The Balaban J connectivity index is 1.22. The Kier molecular flexibility index (Phi) is 5.43. The van der Waals surface area contributed by atoms with Gasteiger partial charge < -0.3 is 9.63 Å². The lowest BCUT2D eigenvalue weighted by atomic mass is 9.79. The largest absolute Gasteiger partial charge is 0.481 e. The topological polar surface area (TPSA) is 79.5 Å². The molecular formula is C28H24ClN3O3. The molecule has 0 bridgehead atoms. The zero-order valence-electron chi connectivity index (χ0n) is 19.2. The van der Waals surface area contributed by atoms with Crippen molar-refractivity contribution < 1.29 is 14.4 Å². The van der Waals surface area contributed by atoms with Crippen LogP contribution in [0, 0.1) is 12.8 Å². The van der Waals surface area contributed by atoms with Crippen molar-refractivity contribution in [1.82, 2.24) is 15.0 Å². The molecule has 1 aliphatic carbocycles. The maximum absolute atomic E-state index is 11.2. The molecule has 2 aliphatic rings. The lowest BCUT2D eigenvalue weighted by Gasteiger charge is -2.39. The Bertz CT molecular complexity index is 1430. The summed E-state index contributed by atoms with van der Waals surface area (Å²) in [6, 6.07) is 20.7. The maximum Gasteiger partial charge on any atom is 0.306 e. The number of carbonyl (C=O) groups is 1. The summed E-state index contributed by atoms with van der Waals surface area (Å²) in [4.78, 5) is 18.1. The highest BCUT2D eigenvalue weighted by Crippen LogP contribution is 2.40. The number of rotatable bonds is 5. The van der Waals surface area contributed by atoms with Crippen molar-refractivity contribution >= 4 is 17.6 Å². The summed E-state index contributed by atoms with van der Waals surface area (Å²) in [5.74, 6) is 0.0478. The third-order valence-corrected chi connectivity index (χ3v) is 7.58. The van der Waals surface area contributed by atoms with Crippen LogP contribution in [0.3, 0.4) is 0 Å². The third-order valence-electron chi connectivity index (χ3n) is 7.24. The molecule has 0 saturated heterocycles. The van der Waals surface area contributed by atoms with Crippen molar-refractivity contribution in [1.29, 1.82) is 0 Å². The fourth-order valence-corrected chi connectivity index (χ4v) is 5.46. The number of benzene rings is 3. The molecule has 6 nitrogen and oxygen atoms in total. The van der Waals surface area contributed by atoms with Gasteiger partial charge in [-0.25, -0.2) is 0 Å². The molecule has 0 amide bonds. The van der Waals surface area contributed by atoms with E-state index in [1.807, 2.05) is 30.3 Å². The van der Waals surface area contributed by atoms with Crippen LogP contribution in [0.2, 0.25) is 5.02 Å². The molecule has 1 N–H and O–H groups in total. The van der Waals surface area contributed by atoms with Crippen LogP contribution < -0.4 is 0 Å². The fraction of sp³-hybridized carbons (Fsp3) is 0.250. The van der Waals surface area contributed by atoms with Crippen molar-refractivity contribution in [3.8, 4) is 34.0 Å². The Morgan fingerprint density at radius 1 is 1.03 bits per heavy atom. The van der Waals surface area contributed by atoms with Gasteiger partial charge in [0.1, 0.15) is 0 Å². The van der Waals surface area contributed by atoms with Crippen molar-refractivity contribution in [2.45, 2.75) is 38.9 Å². The van der Waals surface area contributed by atoms with Crippen LogP contribution in [-0.4, -0.2) is 32.2 Å². The first-order valence-electron chi connectivity index (χ1n) is 11.7. The molecule has 2 heterocycles. The van der Waals surface area contributed by atoms with Gasteiger partial charge >= 0.3 is 5.97 Å². The van der Waals surface area contributed by atoms with Crippen LogP contribution >= 0.6 is 11.6 Å². The molecular weight excluding hydrogens is 462 g/mol. The molecule has 1 aliphatic heterocycles. The molecule has 0 radical (unpaired) electrons. The number of aliphatic carboxylic acids is 1. The van der Waals surface area contributed by atoms with E-state index in [0.29, 0.717) is 35.6 Å². The highest BCUT2D eigenvalue weighted by molar-refractivity contribution is 6.31. The van der Waals surface area contributed by atoms with Gasteiger partial charge in [-0.2, -0.15) is 4.98 Å². The van der Waals surface area contributed by atoms with Crippen molar-refractivity contribution in [3.05, 3.63) is 82.4 Å². The summed E-state index contributed by atoms with van der Waals surface area (Å²) in [5, 5.41) is 14.1. The third kappa shape index (κ3) is 4.03. The first-order valence-corrected chi connectivity index (χ1v) is 12.1. The van der Waals surface area contributed by atoms with Crippen LogP contribution in [0.4, 0.5) is 0 Å². The summed E-state index contributed by atoms with van der Waals surface area (Å²) in [7, 11) is 0. The van der Waals surface area contributed by atoms with E-state index >= 15 is 0 Å². The summed E-state index contributed by atoms with van der Waals surface area (Å²) < 4.78 is 5.61. The second-order valence-electron chi connectivity index (χ2n) is 9.48. The van der Waals surface area contributed by atoms with Gasteiger partial charge in [-0.1, -0.05) is 53.2 Å². The normalized spacial score (nSPS) is 19.4. The maximum atomic E-state index is 11.2. The zero-order chi connectivity index (χ0) is 24.1. The smallest absolute Gasteiger partial charge is 0.306 e. The van der Waals surface area contributed by atoms with Crippen LogP contribution in [0.15, 0.2) is 65.2 Å². The van der Waals surface area contributed by atoms with E-state index in [-0.39, 0.29) is 5.92 Å². The fourth-order valence-electron chi connectivity index (χ4n) is 5.16. The molecule has 176 valence electrons. The van der Waals surface area contributed by atoms with Crippen LogP contribution in [-0.2, 0) is 17.9 Å². The lowest BCUT2D eigenvalue weighted by molar-refractivity contribution is -0.147. The Labute approximate surface area is 208 Å². The minimum Gasteiger partial charge on any atom is -0.481 e. The number of aromatic nitrogens is 2. The molecule has 3 aromatic carbocycles. The first-order chi connectivity index (χ1) is 17.0. The van der Waals surface area contributed by atoms with Gasteiger partial charge in [0.15, 0.2) is 0 Å². The summed E-state index contributed by atoms with van der Waals surface area (Å²) >= 11 is 6.65. The second kappa shape index (κ2) is 8.63. The summed E-state index contributed by atoms with van der Waals surface area (Å²) in [6.07, 6.45) is 1.40. The standard InChI is InChI=1S/C28H24ClN3O3/c1-16-9-18(7-8-23(16)17-5-3-2-4-6-17)27-30-26(31-35-27)19-10-21-14-32(15-24(21)25(29)13-19)22-11-20(12-22)28(33)34/h2-10,13,20,22H,11-12,14-15H2,1H3,(H,33,34). The predicted molar refractivity (Wildman–Crippen MR) is 134 cm³/mol. The second-order valence-corrected chi connectivity index (χ2v) is 9.89. The van der Waals surface area contributed by atoms with Gasteiger partial charge in [-0.15, -0.1) is 0 Å². The highest BCUT2D eigenvalue weighted by Gasteiger charge is 2.40. The van der Waals surface area contributed by atoms with Gasteiger partial charge in [0.2, 0.25) is 5.82 Å². The minimum atomic E-state index is -0.698. The lowest BCUT2D eigenvalue weighted by Crippen LogP contribution is -2.44. The quantitative estimate of drug-likeness (QED) is 0.362. The number of nitrogens with zero attached hydrogens (tertiary/aromatic N) is 3. The van der Waals surface area contributed by atoms with Gasteiger partial charge in [0, 0.05) is 35.3 Å². The number of aryl methyl sites for hydroxylation is 1. The van der Waals surface area contributed by atoms with Crippen molar-refractivity contribution in [2.24, 2.45) is 5.92 Å². The zero-order valence-corrected chi connectivity index (χ0v) is 20.0.